The number of carbonyl (C=O) groups excluding carboxylic acids is 5. The summed E-state index contributed by atoms with van der Waals surface area (Å²) >= 11 is 0. The number of aliphatic hydroxyl groups excluding tert-OH is 2. The Bertz CT molecular complexity index is 2190. The summed E-state index contributed by atoms with van der Waals surface area (Å²) in [6.07, 6.45) is -9.94. The number of ketones is 1. The van der Waals surface area contributed by atoms with E-state index in [9.17, 15) is 44.4 Å². The highest BCUT2D eigenvalue weighted by molar-refractivity contribution is 5.95. The standard InChI is InChI=1S/C47H53NO13/c1-6-16-33(50)60-37(35(27-17-10-7-11-18-27)48-41(53)28-19-12-8-13-20-28)43(55)59-30-24-47(57)40(61-42(54)29-21-14-9-15-22-29)38-45(5,31(49)23-32-46(38,56)25-58-32)39(52)36(51)34(26(30)2)44(47,3)4/h7-15,17-22,30-32,35-38,40,49,51,56-57H,6,16,23-25H2,1-5H3,(H,48,53)/t30?,31?,32?,35?,36?,37?,38?,40?,45-,46?,47?/m1/s1. The Kier molecular flexibility index (Phi) is 11.9. The van der Waals surface area contributed by atoms with E-state index in [2.05, 4.69) is 5.32 Å². The molecule has 0 radical (unpaired) electrons. The molecule has 11 atom stereocenters. The molecule has 1 amide bonds. The van der Waals surface area contributed by atoms with Crippen molar-refractivity contribution in [3.8, 4) is 0 Å². The first-order valence-electron chi connectivity index (χ1n) is 20.6. The molecule has 0 spiro atoms. The molecular weight excluding hydrogens is 787 g/mol. The van der Waals surface area contributed by atoms with E-state index >= 15 is 0 Å². The molecule has 3 aromatic carbocycles. The normalized spacial score (nSPS) is 32.3. The second-order valence-corrected chi connectivity index (χ2v) is 17.4. The molecule has 1 saturated heterocycles. The molecule has 14 heteroatoms. The molecule has 5 N–H and O–H groups in total. The van der Waals surface area contributed by atoms with Crippen LogP contribution in [-0.2, 0) is 33.3 Å². The molecule has 4 aliphatic rings. The first-order valence-corrected chi connectivity index (χ1v) is 20.6. The average molecular weight is 840 g/mol. The monoisotopic (exact) mass is 839 g/mol. The number of ether oxygens (including phenoxy) is 4. The molecule has 1 heterocycles. The van der Waals surface area contributed by atoms with Crippen molar-refractivity contribution in [3.63, 3.8) is 0 Å². The smallest absolute Gasteiger partial charge is 0.350 e. The van der Waals surface area contributed by atoms with Crippen molar-refractivity contribution in [2.75, 3.05) is 6.61 Å². The van der Waals surface area contributed by atoms with Crippen molar-refractivity contribution in [1.29, 1.82) is 0 Å². The molecule has 2 saturated carbocycles. The molecule has 14 nitrogen and oxygen atoms in total. The third-order valence-electron chi connectivity index (χ3n) is 13.6. The van der Waals surface area contributed by atoms with Crippen LogP contribution in [0.15, 0.2) is 102 Å². The third-order valence-corrected chi connectivity index (χ3v) is 13.6. The molecular formula is C47H53NO13. The Morgan fingerprint density at radius 1 is 0.869 bits per heavy atom. The molecule has 0 aromatic heterocycles. The number of carbonyl (C=O) groups is 5. The van der Waals surface area contributed by atoms with Gasteiger partial charge in [-0.2, -0.15) is 0 Å². The summed E-state index contributed by atoms with van der Waals surface area (Å²) in [6, 6.07) is 23.3. The van der Waals surface area contributed by atoms with Crippen LogP contribution in [0, 0.1) is 16.7 Å². The van der Waals surface area contributed by atoms with E-state index in [1.54, 1.807) is 99.6 Å². The maximum Gasteiger partial charge on any atom is 0.350 e. The van der Waals surface area contributed by atoms with E-state index in [1.807, 2.05) is 0 Å². The number of benzene rings is 3. The summed E-state index contributed by atoms with van der Waals surface area (Å²) < 4.78 is 24.0. The van der Waals surface area contributed by atoms with Gasteiger partial charge in [0.2, 0.25) is 6.10 Å². The topological polar surface area (TPSA) is 215 Å². The zero-order valence-electron chi connectivity index (χ0n) is 34.8. The Balaban J connectivity index is 1.35. The number of fused-ring (bicyclic) bond motifs is 5. The molecule has 61 heavy (non-hydrogen) atoms. The second kappa shape index (κ2) is 16.6. The summed E-state index contributed by atoms with van der Waals surface area (Å²) in [4.78, 5) is 70.7. The van der Waals surface area contributed by atoms with E-state index in [1.165, 1.54) is 26.0 Å². The number of nitrogens with one attached hydrogen (secondary N) is 1. The Morgan fingerprint density at radius 3 is 2.03 bits per heavy atom. The highest BCUT2D eigenvalue weighted by Gasteiger charge is 2.76. The fraction of sp³-hybridized carbons (Fsp3) is 0.468. The van der Waals surface area contributed by atoms with Crippen molar-refractivity contribution in [1.82, 2.24) is 5.32 Å². The molecule has 3 fully saturated rings. The lowest BCUT2D eigenvalue weighted by Crippen LogP contribution is -2.81. The summed E-state index contributed by atoms with van der Waals surface area (Å²) in [5.74, 6) is -5.81. The summed E-state index contributed by atoms with van der Waals surface area (Å²) in [7, 11) is 0. The number of Topliss-reactive ketones (excluding diaryl/α,β-unsaturated/α-hetero) is 1. The van der Waals surface area contributed by atoms with Crippen LogP contribution in [0.25, 0.3) is 0 Å². The van der Waals surface area contributed by atoms with Gasteiger partial charge in [0.15, 0.2) is 5.78 Å². The van der Waals surface area contributed by atoms with Gasteiger partial charge >= 0.3 is 17.9 Å². The number of esters is 3. The zero-order valence-corrected chi connectivity index (χ0v) is 34.8. The van der Waals surface area contributed by atoms with Crippen LogP contribution in [0.3, 0.4) is 0 Å². The number of amides is 1. The van der Waals surface area contributed by atoms with Gasteiger partial charge < -0.3 is 44.7 Å². The molecule has 3 aromatic rings. The van der Waals surface area contributed by atoms with Gasteiger partial charge in [0, 0.05) is 36.2 Å². The number of hydrogen-bond donors (Lipinski definition) is 5. The Morgan fingerprint density at radius 2 is 1.46 bits per heavy atom. The summed E-state index contributed by atoms with van der Waals surface area (Å²) in [5.41, 5.74) is -6.99. The van der Waals surface area contributed by atoms with Crippen LogP contribution in [0.1, 0.15) is 92.6 Å². The first-order chi connectivity index (χ1) is 28.9. The van der Waals surface area contributed by atoms with Gasteiger partial charge in [0.25, 0.3) is 5.91 Å². The molecule has 10 unspecified atom stereocenters. The Labute approximate surface area is 353 Å². The minimum absolute atomic E-state index is 0.0489. The van der Waals surface area contributed by atoms with Crippen LogP contribution in [-0.4, -0.2) is 104 Å². The number of rotatable bonds is 11. The maximum atomic E-state index is 14.9. The van der Waals surface area contributed by atoms with Crippen molar-refractivity contribution >= 4 is 29.6 Å². The predicted molar refractivity (Wildman–Crippen MR) is 217 cm³/mol. The lowest BCUT2D eigenvalue weighted by Gasteiger charge is -2.66. The lowest BCUT2D eigenvalue weighted by molar-refractivity contribution is -0.343. The molecule has 324 valence electrons. The van der Waals surface area contributed by atoms with E-state index in [4.69, 9.17) is 18.9 Å². The van der Waals surface area contributed by atoms with Gasteiger partial charge in [-0.15, -0.1) is 0 Å². The Hall–Kier alpha value is -5.25. The second-order valence-electron chi connectivity index (χ2n) is 17.4. The largest absolute Gasteiger partial charge is 0.455 e. The van der Waals surface area contributed by atoms with E-state index in [-0.39, 0.29) is 41.7 Å². The quantitative estimate of drug-likeness (QED) is 0.105. The highest BCUT2D eigenvalue weighted by atomic mass is 16.6. The van der Waals surface area contributed by atoms with Gasteiger partial charge in [-0.05, 0) is 61.2 Å². The van der Waals surface area contributed by atoms with Gasteiger partial charge in [-0.3, -0.25) is 14.4 Å². The fourth-order valence-corrected chi connectivity index (χ4v) is 10.0. The van der Waals surface area contributed by atoms with Crippen LogP contribution in [0.5, 0.6) is 0 Å². The van der Waals surface area contributed by atoms with E-state index in [0.717, 1.165) is 0 Å². The van der Waals surface area contributed by atoms with Gasteiger partial charge in [0.1, 0.15) is 35.6 Å². The van der Waals surface area contributed by atoms with Crippen LogP contribution >= 0.6 is 0 Å². The van der Waals surface area contributed by atoms with Gasteiger partial charge in [0.05, 0.1) is 29.8 Å². The fourth-order valence-electron chi connectivity index (χ4n) is 10.0. The number of hydrogen-bond acceptors (Lipinski definition) is 13. The third kappa shape index (κ3) is 7.37. The van der Waals surface area contributed by atoms with Crippen LogP contribution in [0.4, 0.5) is 0 Å². The minimum Gasteiger partial charge on any atom is -0.455 e. The van der Waals surface area contributed by atoms with Gasteiger partial charge in [-0.1, -0.05) is 87.5 Å². The molecule has 2 bridgehead atoms. The molecule has 7 rings (SSSR count). The SMILES string of the molecule is CCCC(=O)OC(C(=O)OC1CC2(O)C(OC(=O)c3ccccc3)C3C4(O)COC4CC(O)[C@@]3(C)C(=O)C(O)C(=C1C)C2(C)C)C(NC(=O)c1ccccc1)c1ccccc1. The average Bonchev–Trinajstić information content (AvgIpc) is 3.24. The van der Waals surface area contributed by atoms with Crippen LogP contribution < -0.4 is 5.32 Å². The van der Waals surface area contributed by atoms with Gasteiger partial charge in [-0.25, -0.2) is 9.59 Å². The van der Waals surface area contributed by atoms with Crippen molar-refractivity contribution in [2.24, 2.45) is 16.7 Å². The number of aliphatic hydroxyl groups is 4. The van der Waals surface area contributed by atoms with E-state index in [0.29, 0.717) is 12.0 Å². The predicted octanol–water partition coefficient (Wildman–Crippen LogP) is 3.95. The summed E-state index contributed by atoms with van der Waals surface area (Å²) in [6.45, 7) is 7.46. The first kappa shape index (κ1) is 43.8. The van der Waals surface area contributed by atoms with Crippen LogP contribution in [0.2, 0.25) is 0 Å². The summed E-state index contributed by atoms with van der Waals surface area (Å²) in [5, 5.41) is 52.7. The molecule has 3 aliphatic carbocycles. The van der Waals surface area contributed by atoms with Crippen molar-refractivity contribution in [3.05, 3.63) is 119 Å². The van der Waals surface area contributed by atoms with Crippen molar-refractivity contribution in [2.45, 2.75) is 114 Å². The van der Waals surface area contributed by atoms with Crippen molar-refractivity contribution < 1.29 is 63.3 Å². The molecule has 1 aliphatic heterocycles. The zero-order chi connectivity index (χ0) is 44.1. The minimum atomic E-state index is -2.34. The lowest BCUT2D eigenvalue weighted by atomic mass is 9.44. The maximum absolute atomic E-state index is 14.9. The van der Waals surface area contributed by atoms with E-state index < -0.39 is 107 Å². The highest BCUT2D eigenvalue weighted by Crippen LogP contribution is 2.63.